The summed E-state index contributed by atoms with van der Waals surface area (Å²) in [5.74, 6) is -0.0309. The van der Waals surface area contributed by atoms with Crippen molar-refractivity contribution in [2.45, 2.75) is 39.2 Å². The van der Waals surface area contributed by atoms with E-state index in [-0.39, 0.29) is 11.4 Å². The van der Waals surface area contributed by atoms with Crippen molar-refractivity contribution in [2.24, 2.45) is 5.41 Å². The third-order valence-electron chi connectivity index (χ3n) is 4.04. The number of ether oxygens (including phenoxy) is 1. The molecule has 1 fully saturated rings. The largest absolute Gasteiger partial charge is 0.460 e. The molecule has 0 aromatic heterocycles. The van der Waals surface area contributed by atoms with E-state index >= 15 is 0 Å². The van der Waals surface area contributed by atoms with E-state index in [2.05, 4.69) is 28.2 Å². The molecule has 3 nitrogen and oxygen atoms in total. The van der Waals surface area contributed by atoms with Gasteiger partial charge in [0.25, 0.3) is 0 Å². The monoisotopic (exact) mass is 339 g/mol. The number of rotatable bonds is 5. The van der Waals surface area contributed by atoms with Crippen LogP contribution in [0.25, 0.3) is 0 Å². The van der Waals surface area contributed by atoms with Crippen LogP contribution in [0, 0.1) is 5.41 Å². The molecule has 1 aliphatic rings. The van der Waals surface area contributed by atoms with Gasteiger partial charge in [0, 0.05) is 10.0 Å². The number of benzene rings is 1. The number of hydrogen-bond donors (Lipinski definition) is 1. The van der Waals surface area contributed by atoms with Crippen LogP contribution < -0.4 is 5.32 Å². The highest BCUT2D eigenvalue weighted by molar-refractivity contribution is 9.10. The highest BCUT2D eigenvalue weighted by Gasteiger charge is 2.40. The molecule has 1 aromatic carbocycles. The predicted octanol–water partition coefficient (Wildman–Crippen LogP) is 3.66. The smallest absolute Gasteiger partial charge is 0.312 e. The van der Waals surface area contributed by atoms with Crippen molar-refractivity contribution in [3.8, 4) is 0 Å². The van der Waals surface area contributed by atoms with Crippen molar-refractivity contribution >= 4 is 21.9 Å². The van der Waals surface area contributed by atoms with E-state index in [1.807, 2.05) is 24.3 Å². The number of hydrogen-bond acceptors (Lipinski definition) is 3. The van der Waals surface area contributed by atoms with Crippen LogP contribution in [0.15, 0.2) is 28.7 Å². The number of carbonyl (C=O) groups excluding carboxylic acids is 1. The minimum atomic E-state index is -0.277. The quantitative estimate of drug-likeness (QED) is 0.832. The fourth-order valence-electron chi connectivity index (χ4n) is 2.85. The van der Waals surface area contributed by atoms with Crippen molar-refractivity contribution in [3.63, 3.8) is 0 Å². The van der Waals surface area contributed by atoms with Gasteiger partial charge in [-0.25, -0.2) is 0 Å². The minimum absolute atomic E-state index is 0.0309. The summed E-state index contributed by atoms with van der Waals surface area (Å²) in [6.45, 7) is 4.29. The van der Waals surface area contributed by atoms with Gasteiger partial charge in [0.15, 0.2) is 0 Å². The zero-order valence-corrected chi connectivity index (χ0v) is 13.5. The Morgan fingerprint density at radius 2 is 2.05 bits per heavy atom. The summed E-state index contributed by atoms with van der Waals surface area (Å²) in [4.78, 5) is 12.5. The van der Waals surface area contributed by atoms with Gasteiger partial charge >= 0.3 is 5.97 Å². The van der Waals surface area contributed by atoms with Crippen LogP contribution in [0.5, 0.6) is 0 Å². The van der Waals surface area contributed by atoms with Gasteiger partial charge in [0.05, 0.1) is 5.41 Å². The molecule has 0 atom stereocenters. The number of esters is 1. The number of carbonyl (C=O) groups is 1. The van der Waals surface area contributed by atoms with Crippen LogP contribution in [0.1, 0.15) is 38.2 Å². The Morgan fingerprint density at radius 1 is 1.35 bits per heavy atom. The molecule has 1 aliphatic heterocycles. The third kappa shape index (κ3) is 3.61. The normalized spacial score (nSPS) is 17.7. The first-order chi connectivity index (χ1) is 9.68. The third-order valence-corrected chi connectivity index (χ3v) is 4.81. The van der Waals surface area contributed by atoms with E-state index in [0.717, 1.165) is 48.8 Å². The molecule has 0 bridgehead atoms. The van der Waals surface area contributed by atoms with Crippen molar-refractivity contribution < 1.29 is 9.53 Å². The van der Waals surface area contributed by atoms with Crippen molar-refractivity contribution in [3.05, 3.63) is 34.3 Å². The molecule has 2 rings (SSSR count). The Bertz CT molecular complexity index is 450. The van der Waals surface area contributed by atoms with E-state index in [9.17, 15) is 4.79 Å². The SMILES string of the molecule is CCCC1(C(=O)OCc2ccccc2Br)CCNCC1. The molecular weight excluding hydrogens is 318 g/mol. The Morgan fingerprint density at radius 3 is 2.70 bits per heavy atom. The maximum Gasteiger partial charge on any atom is 0.312 e. The maximum absolute atomic E-state index is 12.5. The Kier molecular flexibility index (Phi) is 5.61. The molecule has 0 radical (unpaired) electrons. The van der Waals surface area contributed by atoms with Gasteiger partial charge < -0.3 is 10.1 Å². The van der Waals surface area contributed by atoms with Gasteiger partial charge in [-0.05, 0) is 38.4 Å². The lowest BCUT2D eigenvalue weighted by Crippen LogP contribution is -2.43. The standard InChI is InChI=1S/C16H22BrNO2/c1-2-7-16(8-10-18-11-9-16)15(19)20-12-13-5-3-4-6-14(13)17/h3-6,18H,2,7-12H2,1H3. The molecule has 0 aliphatic carbocycles. The first-order valence-corrected chi connectivity index (χ1v) is 8.08. The molecule has 0 spiro atoms. The molecule has 1 saturated heterocycles. The molecule has 1 aromatic rings. The zero-order valence-electron chi connectivity index (χ0n) is 12.0. The average molecular weight is 340 g/mol. The summed E-state index contributed by atoms with van der Waals surface area (Å²) in [6, 6.07) is 7.86. The fourth-order valence-corrected chi connectivity index (χ4v) is 3.25. The van der Waals surface area contributed by atoms with E-state index in [1.165, 1.54) is 0 Å². The molecule has 1 N–H and O–H groups in total. The molecule has 4 heteroatoms. The topological polar surface area (TPSA) is 38.3 Å². The minimum Gasteiger partial charge on any atom is -0.460 e. The second-order valence-electron chi connectivity index (χ2n) is 5.45. The summed E-state index contributed by atoms with van der Waals surface area (Å²) in [7, 11) is 0. The lowest BCUT2D eigenvalue weighted by atomic mass is 9.75. The number of halogens is 1. The fraction of sp³-hybridized carbons (Fsp3) is 0.562. The van der Waals surface area contributed by atoms with Crippen molar-refractivity contribution in [2.75, 3.05) is 13.1 Å². The van der Waals surface area contributed by atoms with Gasteiger partial charge in [0.2, 0.25) is 0 Å². The Hall–Kier alpha value is -0.870. The first kappa shape index (κ1) is 15.5. The molecule has 0 unspecified atom stereocenters. The molecule has 1 heterocycles. The Labute approximate surface area is 129 Å². The molecule has 110 valence electrons. The average Bonchev–Trinajstić information content (AvgIpc) is 2.47. The van der Waals surface area contributed by atoms with Crippen LogP contribution in [0.4, 0.5) is 0 Å². The summed E-state index contributed by atoms with van der Waals surface area (Å²) in [6.07, 6.45) is 3.71. The Balaban J connectivity index is 2.00. The van der Waals surface area contributed by atoms with Gasteiger partial charge in [-0.15, -0.1) is 0 Å². The van der Waals surface area contributed by atoms with E-state index < -0.39 is 0 Å². The molecule has 0 amide bonds. The summed E-state index contributed by atoms with van der Waals surface area (Å²) >= 11 is 3.49. The summed E-state index contributed by atoms with van der Waals surface area (Å²) in [5.41, 5.74) is 0.739. The van der Waals surface area contributed by atoms with Crippen molar-refractivity contribution in [1.82, 2.24) is 5.32 Å². The molecule has 0 saturated carbocycles. The van der Waals surface area contributed by atoms with Crippen LogP contribution in [-0.2, 0) is 16.1 Å². The second-order valence-corrected chi connectivity index (χ2v) is 6.30. The van der Waals surface area contributed by atoms with E-state index in [1.54, 1.807) is 0 Å². The van der Waals surface area contributed by atoms with Crippen molar-refractivity contribution in [1.29, 1.82) is 0 Å². The van der Waals surface area contributed by atoms with Gasteiger partial charge in [-0.1, -0.05) is 47.5 Å². The lowest BCUT2D eigenvalue weighted by Gasteiger charge is -2.35. The molecule has 20 heavy (non-hydrogen) atoms. The highest BCUT2D eigenvalue weighted by atomic mass is 79.9. The summed E-state index contributed by atoms with van der Waals surface area (Å²) < 4.78 is 6.60. The number of piperidine rings is 1. The van der Waals surface area contributed by atoms with Crippen LogP contribution in [-0.4, -0.2) is 19.1 Å². The van der Waals surface area contributed by atoms with E-state index in [4.69, 9.17) is 4.74 Å². The van der Waals surface area contributed by atoms with Gasteiger partial charge in [0.1, 0.15) is 6.61 Å². The number of nitrogens with one attached hydrogen (secondary N) is 1. The van der Waals surface area contributed by atoms with E-state index in [0.29, 0.717) is 6.61 Å². The summed E-state index contributed by atoms with van der Waals surface area (Å²) in [5, 5.41) is 3.32. The zero-order chi connectivity index (χ0) is 14.4. The molecular formula is C16H22BrNO2. The first-order valence-electron chi connectivity index (χ1n) is 7.29. The van der Waals surface area contributed by atoms with Crippen LogP contribution >= 0.6 is 15.9 Å². The maximum atomic E-state index is 12.5. The van der Waals surface area contributed by atoms with Gasteiger partial charge in [-0.3, -0.25) is 4.79 Å². The van der Waals surface area contributed by atoms with Crippen LogP contribution in [0.2, 0.25) is 0 Å². The predicted molar refractivity (Wildman–Crippen MR) is 83.4 cm³/mol. The van der Waals surface area contributed by atoms with Crippen LogP contribution in [0.3, 0.4) is 0 Å². The lowest BCUT2D eigenvalue weighted by molar-refractivity contribution is -0.159. The highest BCUT2D eigenvalue weighted by Crippen LogP contribution is 2.35. The second kappa shape index (κ2) is 7.23. The van der Waals surface area contributed by atoms with Gasteiger partial charge in [-0.2, -0.15) is 0 Å².